The van der Waals surface area contributed by atoms with E-state index in [0.29, 0.717) is 18.5 Å². The van der Waals surface area contributed by atoms with Crippen LogP contribution in [-0.4, -0.2) is 59.6 Å². The molecule has 0 aromatic heterocycles. The van der Waals surface area contributed by atoms with Gasteiger partial charge in [-0.05, 0) is 33.6 Å². The van der Waals surface area contributed by atoms with E-state index in [2.05, 4.69) is 36.3 Å². The summed E-state index contributed by atoms with van der Waals surface area (Å²) in [5.41, 5.74) is 0.248. The molecule has 1 unspecified atom stereocenters. The molecule has 0 saturated carbocycles. The molecule has 2 aliphatic rings. The molecular weight excluding hydrogens is 270 g/mol. The van der Waals surface area contributed by atoms with Crippen molar-refractivity contribution in [2.75, 3.05) is 31.1 Å². The highest BCUT2D eigenvalue weighted by Crippen LogP contribution is 2.20. The number of carbonyl (C=O) groups excluding carboxylic acids is 1. The molecule has 0 aromatic carbocycles. The van der Waals surface area contributed by atoms with Gasteiger partial charge in [-0.15, -0.1) is 0 Å². The van der Waals surface area contributed by atoms with Crippen molar-refractivity contribution in [3.8, 4) is 0 Å². The van der Waals surface area contributed by atoms with Crippen molar-refractivity contribution >= 4 is 17.7 Å². The smallest absolute Gasteiger partial charge is 0.221 e. The van der Waals surface area contributed by atoms with Gasteiger partial charge >= 0.3 is 0 Å². The summed E-state index contributed by atoms with van der Waals surface area (Å²) in [5, 5.41) is 6.65. The van der Waals surface area contributed by atoms with E-state index in [1.807, 2.05) is 11.8 Å². The first-order valence-electron chi connectivity index (χ1n) is 7.80. The molecule has 2 aliphatic heterocycles. The molecular formula is C15H29N3OS. The fourth-order valence-corrected chi connectivity index (χ4v) is 3.90. The first-order chi connectivity index (χ1) is 9.45. The van der Waals surface area contributed by atoms with E-state index >= 15 is 0 Å². The Morgan fingerprint density at radius 1 is 1.35 bits per heavy atom. The number of hydrogen-bond donors (Lipinski definition) is 2. The first kappa shape index (κ1) is 16.1. The third-order valence-corrected chi connectivity index (χ3v) is 5.37. The summed E-state index contributed by atoms with van der Waals surface area (Å²) in [7, 11) is 0. The van der Waals surface area contributed by atoms with Gasteiger partial charge in [-0.1, -0.05) is 0 Å². The van der Waals surface area contributed by atoms with Crippen LogP contribution in [-0.2, 0) is 4.79 Å². The molecule has 2 N–H and O–H groups in total. The van der Waals surface area contributed by atoms with Gasteiger partial charge in [-0.2, -0.15) is 11.8 Å². The molecule has 0 aliphatic carbocycles. The lowest BCUT2D eigenvalue weighted by atomic mass is 9.98. The summed E-state index contributed by atoms with van der Waals surface area (Å²) >= 11 is 1.94. The molecule has 0 radical (unpaired) electrons. The van der Waals surface area contributed by atoms with Gasteiger partial charge in [0.1, 0.15) is 0 Å². The normalized spacial score (nSPS) is 26.4. The van der Waals surface area contributed by atoms with Crippen molar-refractivity contribution in [2.45, 2.75) is 57.7 Å². The number of hydrogen-bond acceptors (Lipinski definition) is 4. The van der Waals surface area contributed by atoms with Gasteiger partial charge in [0.2, 0.25) is 5.91 Å². The zero-order valence-electron chi connectivity index (χ0n) is 13.1. The first-order valence-corrected chi connectivity index (χ1v) is 8.96. The minimum atomic E-state index is 0.221. The highest BCUT2D eigenvalue weighted by atomic mass is 32.2. The van der Waals surface area contributed by atoms with Crippen molar-refractivity contribution in [1.82, 2.24) is 15.5 Å². The summed E-state index contributed by atoms with van der Waals surface area (Å²) in [5.74, 6) is 2.46. The second-order valence-corrected chi connectivity index (χ2v) is 8.08. The summed E-state index contributed by atoms with van der Waals surface area (Å²) < 4.78 is 0. The van der Waals surface area contributed by atoms with Crippen LogP contribution < -0.4 is 10.6 Å². The van der Waals surface area contributed by atoms with Crippen LogP contribution in [0.5, 0.6) is 0 Å². The van der Waals surface area contributed by atoms with E-state index in [1.165, 1.54) is 5.75 Å². The van der Waals surface area contributed by atoms with Gasteiger partial charge in [0.15, 0.2) is 0 Å². The number of carbonyl (C=O) groups is 1. The van der Waals surface area contributed by atoms with Crippen molar-refractivity contribution in [3.63, 3.8) is 0 Å². The molecule has 0 aromatic rings. The minimum Gasteiger partial charge on any atom is -0.353 e. The van der Waals surface area contributed by atoms with Gasteiger partial charge in [0.25, 0.3) is 0 Å². The third-order valence-electron chi connectivity index (χ3n) is 4.24. The van der Waals surface area contributed by atoms with Crippen LogP contribution in [0.4, 0.5) is 0 Å². The van der Waals surface area contributed by atoms with E-state index < -0.39 is 0 Å². The van der Waals surface area contributed by atoms with Crippen LogP contribution in [0, 0.1) is 0 Å². The van der Waals surface area contributed by atoms with Gasteiger partial charge in [0, 0.05) is 55.2 Å². The quantitative estimate of drug-likeness (QED) is 0.828. The topological polar surface area (TPSA) is 44.4 Å². The number of amides is 1. The second-order valence-electron chi connectivity index (χ2n) is 6.93. The summed E-state index contributed by atoms with van der Waals surface area (Å²) in [6.07, 6.45) is 2.79. The molecule has 0 spiro atoms. The Morgan fingerprint density at radius 3 is 2.60 bits per heavy atom. The molecule has 2 rings (SSSR count). The Balaban J connectivity index is 1.68. The highest BCUT2D eigenvalue weighted by molar-refractivity contribution is 7.99. The third kappa shape index (κ3) is 4.93. The van der Waals surface area contributed by atoms with Crippen molar-refractivity contribution in [3.05, 3.63) is 0 Å². The maximum absolute atomic E-state index is 12.1. The predicted octanol–water partition coefficient (Wildman–Crippen LogP) is 1.46. The van der Waals surface area contributed by atoms with Crippen LogP contribution >= 0.6 is 11.8 Å². The Hall–Kier alpha value is -0.260. The Labute approximate surface area is 127 Å². The fraction of sp³-hybridized carbons (Fsp3) is 0.933. The summed E-state index contributed by atoms with van der Waals surface area (Å²) in [6, 6.07) is 0.737. The average molecular weight is 299 g/mol. The number of piperidine rings is 1. The second kappa shape index (κ2) is 7.14. The van der Waals surface area contributed by atoms with E-state index in [4.69, 9.17) is 0 Å². The van der Waals surface area contributed by atoms with Gasteiger partial charge in [-0.3, -0.25) is 9.69 Å². The molecule has 5 heteroatoms. The lowest BCUT2D eigenvalue weighted by Gasteiger charge is -2.41. The van der Waals surface area contributed by atoms with Gasteiger partial charge in [0.05, 0.1) is 0 Å². The molecule has 4 nitrogen and oxygen atoms in total. The van der Waals surface area contributed by atoms with E-state index in [1.54, 1.807) is 0 Å². The number of likely N-dealkylation sites (tertiary alicyclic amines) is 1. The Morgan fingerprint density at radius 2 is 2.05 bits per heavy atom. The molecule has 0 bridgehead atoms. The fourth-order valence-electron chi connectivity index (χ4n) is 2.96. The average Bonchev–Trinajstić information content (AvgIpc) is 2.39. The summed E-state index contributed by atoms with van der Waals surface area (Å²) in [4.78, 5) is 14.6. The predicted molar refractivity (Wildman–Crippen MR) is 86.2 cm³/mol. The SMILES string of the molecule is CC(C)(C)N1CCC(NC(=O)CC2CSCCN2)CC1. The molecule has 2 fully saturated rings. The van der Waals surface area contributed by atoms with Crippen molar-refractivity contribution in [1.29, 1.82) is 0 Å². The van der Waals surface area contributed by atoms with E-state index in [9.17, 15) is 4.79 Å². The minimum absolute atomic E-state index is 0.221. The number of rotatable bonds is 3. The number of thioether (sulfide) groups is 1. The standard InChI is InChI=1S/C15H29N3OS/c1-15(2,3)18-7-4-12(5-8-18)17-14(19)10-13-11-20-9-6-16-13/h12-13,16H,4-11H2,1-3H3,(H,17,19). The lowest BCUT2D eigenvalue weighted by molar-refractivity contribution is -0.122. The van der Waals surface area contributed by atoms with Gasteiger partial charge < -0.3 is 10.6 Å². The van der Waals surface area contributed by atoms with Crippen LogP contribution in [0.25, 0.3) is 0 Å². The molecule has 1 amide bonds. The molecule has 2 heterocycles. The largest absolute Gasteiger partial charge is 0.353 e. The Kier molecular flexibility index (Phi) is 5.75. The van der Waals surface area contributed by atoms with Crippen LogP contribution in [0.1, 0.15) is 40.0 Å². The van der Waals surface area contributed by atoms with Crippen LogP contribution in [0.3, 0.4) is 0 Å². The van der Waals surface area contributed by atoms with E-state index in [0.717, 1.165) is 38.2 Å². The summed E-state index contributed by atoms with van der Waals surface area (Å²) in [6.45, 7) is 10.00. The van der Waals surface area contributed by atoms with Crippen molar-refractivity contribution in [2.24, 2.45) is 0 Å². The monoisotopic (exact) mass is 299 g/mol. The van der Waals surface area contributed by atoms with Crippen LogP contribution in [0.15, 0.2) is 0 Å². The zero-order chi connectivity index (χ0) is 14.6. The van der Waals surface area contributed by atoms with E-state index in [-0.39, 0.29) is 11.4 Å². The number of nitrogens with one attached hydrogen (secondary N) is 2. The van der Waals surface area contributed by atoms with Gasteiger partial charge in [-0.25, -0.2) is 0 Å². The molecule has 116 valence electrons. The lowest BCUT2D eigenvalue weighted by Crippen LogP contribution is -2.51. The maximum atomic E-state index is 12.1. The van der Waals surface area contributed by atoms with Crippen molar-refractivity contribution < 1.29 is 4.79 Å². The maximum Gasteiger partial charge on any atom is 0.221 e. The highest BCUT2D eigenvalue weighted by Gasteiger charge is 2.28. The molecule has 1 atom stereocenters. The molecule has 2 saturated heterocycles. The zero-order valence-corrected chi connectivity index (χ0v) is 13.9. The number of nitrogens with zero attached hydrogens (tertiary/aromatic N) is 1. The molecule has 20 heavy (non-hydrogen) atoms. The van der Waals surface area contributed by atoms with Crippen LogP contribution in [0.2, 0.25) is 0 Å². The Bertz CT molecular complexity index is 316.